The predicted molar refractivity (Wildman–Crippen MR) is 60.2 cm³/mol. The molecule has 2 atom stereocenters. The van der Waals surface area contributed by atoms with Gasteiger partial charge in [-0.25, -0.2) is 4.98 Å². The maximum atomic E-state index is 12.2. The van der Waals surface area contributed by atoms with Crippen molar-refractivity contribution in [1.29, 1.82) is 0 Å². The lowest BCUT2D eigenvalue weighted by Crippen LogP contribution is -2.48. The van der Waals surface area contributed by atoms with Crippen LogP contribution >= 0.6 is 0 Å². The molecule has 2 rings (SSSR count). The van der Waals surface area contributed by atoms with Crippen LogP contribution in [0.4, 0.5) is 0 Å². The molecule has 1 amide bonds. The fraction of sp³-hybridized carbons (Fsp3) is 0.636. The molecule has 2 unspecified atom stereocenters. The van der Waals surface area contributed by atoms with E-state index in [0.29, 0.717) is 25.6 Å². The molecule has 17 heavy (non-hydrogen) atoms. The average molecular weight is 239 g/mol. The Balaban J connectivity index is 2.08. The summed E-state index contributed by atoms with van der Waals surface area (Å²) in [6.07, 6.45) is 2.96. The zero-order valence-electron chi connectivity index (χ0n) is 10.0. The molecule has 1 aliphatic heterocycles. The Hall–Kier alpha value is -1.40. The number of rotatable bonds is 3. The lowest BCUT2D eigenvalue weighted by molar-refractivity contribution is -0.134. The molecule has 1 aromatic heterocycles. The van der Waals surface area contributed by atoms with Gasteiger partial charge in [0.2, 0.25) is 11.8 Å². The third kappa shape index (κ3) is 2.65. The normalized spacial score (nSPS) is 26.0. The molecule has 0 spiro atoms. The Morgan fingerprint density at radius 3 is 3.12 bits per heavy atom. The van der Waals surface area contributed by atoms with Crippen LogP contribution in [-0.2, 0) is 16.1 Å². The monoisotopic (exact) mass is 239 g/mol. The fourth-order valence-electron chi connectivity index (χ4n) is 1.96. The number of carbonyl (C=O) groups is 1. The molecule has 0 aliphatic carbocycles. The molecule has 0 saturated carbocycles. The fourth-order valence-corrected chi connectivity index (χ4v) is 1.96. The highest BCUT2D eigenvalue weighted by Gasteiger charge is 2.32. The number of amides is 1. The molecule has 1 saturated heterocycles. The maximum Gasteiger partial charge on any atom is 0.242 e. The number of oxazole rings is 1. The highest BCUT2D eigenvalue weighted by Crippen LogP contribution is 2.11. The number of aromatic nitrogens is 1. The molecular weight excluding hydrogens is 222 g/mol. The average Bonchev–Trinajstić information content (AvgIpc) is 2.76. The van der Waals surface area contributed by atoms with Crippen LogP contribution in [0.25, 0.3) is 0 Å². The molecule has 1 aliphatic rings. The Bertz CT molecular complexity index is 366. The first-order valence-corrected chi connectivity index (χ1v) is 5.68. The molecule has 0 radical (unpaired) electrons. The van der Waals surface area contributed by atoms with Crippen LogP contribution in [0, 0.1) is 0 Å². The van der Waals surface area contributed by atoms with Crippen LogP contribution in [0.5, 0.6) is 0 Å². The summed E-state index contributed by atoms with van der Waals surface area (Å²) in [5, 5.41) is 2.99. The summed E-state index contributed by atoms with van der Waals surface area (Å²) < 4.78 is 10.7. The van der Waals surface area contributed by atoms with Crippen molar-refractivity contribution in [2.75, 3.05) is 20.2 Å². The van der Waals surface area contributed by atoms with E-state index < -0.39 is 0 Å². The molecule has 1 fully saturated rings. The topological polar surface area (TPSA) is 67.6 Å². The third-order valence-electron chi connectivity index (χ3n) is 2.91. The van der Waals surface area contributed by atoms with Gasteiger partial charge in [-0.05, 0) is 14.0 Å². The minimum Gasteiger partial charge on any atom is -0.447 e. The quantitative estimate of drug-likeness (QED) is 0.804. The Morgan fingerprint density at radius 2 is 2.47 bits per heavy atom. The van der Waals surface area contributed by atoms with Gasteiger partial charge < -0.3 is 19.4 Å². The van der Waals surface area contributed by atoms with E-state index in [2.05, 4.69) is 10.3 Å². The molecule has 1 aromatic rings. The van der Waals surface area contributed by atoms with Crippen molar-refractivity contribution in [1.82, 2.24) is 15.2 Å². The number of likely N-dealkylation sites (N-methyl/N-ethyl adjacent to an activating group) is 1. The Morgan fingerprint density at radius 1 is 1.65 bits per heavy atom. The van der Waals surface area contributed by atoms with Crippen LogP contribution in [0.1, 0.15) is 12.8 Å². The molecule has 1 N–H and O–H groups in total. The van der Waals surface area contributed by atoms with E-state index in [1.807, 2.05) is 6.92 Å². The van der Waals surface area contributed by atoms with Crippen LogP contribution in [0.15, 0.2) is 16.9 Å². The number of nitrogens with one attached hydrogen (secondary N) is 1. The summed E-state index contributed by atoms with van der Waals surface area (Å²) in [7, 11) is 1.76. The molecule has 6 heteroatoms. The van der Waals surface area contributed by atoms with Crippen molar-refractivity contribution in [3.63, 3.8) is 0 Å². The Labute approximate surface area is 99.9 Å². The van der Waals surface area contributed by atoms with Crippen LogP contribution in [0.3, 0.4) is 0 Å². The van der Waals surface area contributed by atoms with E-state index in [9.17, 15) is 4.79 Å². The van der Waals surface area contributed by atoms with Gasteiger partial charge in [-0.1, -0.05) is 0 Å². The summed E-state index contributed by atoms with van der Waals surface area (Å²) in [6.45, 7) is 3.38. The zero-order valence-corrected chi connectivity index (χ0v) is 10.0. The van der Waals surface area contributed by atoms with E-state index in [-0.39, 0.29) is 18.1 Å². The van der Waals surface area contributed by atoms with Crippen molar-refractivity contribution in [3.8, 4) is 0 Å². The predicted octanol–water partition coefficient (Wildman–Crippen LogP) is 0.00990. The van der Waals surface area contributed by atoms with Gasteiger partial charge in [-0.15, -0.1) is 0 Å². The second-order valence-corrected chi connectivity index (χ2v) is 4.03. The van der Waals surface area contributed by atoms with Crippen LogP contribution in [0.2, 0.25) is 0 Å². The Kier molecular flexibility index (Phi) is 3.75. The van der Waals surface area contributed by atoms with Gasteiger partial charge in [0.25, 0.3) is 0 Å². The highest BCUT2D eigenvalue weighted by atomic mass is 16.5. The third-order valence-corrected chi connectivity index (χ3v) is 2.91. The SMILES string of the molecule is CNC1C(=O)N(Cc2ncco2)CCOC1C. The minimum absolute atomic E-state index is 0.0238. The molecule has 0 aromatic carbocycles. The zero-order chi connectivity index (χ0) is 12.3. The van der Waals surface area contributed by atoms with Gasteiger partial charge in [0.15, 0.2) is 0 Å². The maximum absolute atomic E-state index is 12.2. The summed E-state index contributed by atoms with van der Waals surface area (Å²) >= 11 is 0. The second kappa shape index (κ2) is 5.29. The number of carbonyl (C=O) groups excluding carboxylic acids is 1. The van der Waals surface area contributed by atoms with E-state index in [4.69, 9.17) is 9.15 Å². The van der Waals surface area contributed by atoms with Crippen molar-refractivity contribution in [2.45, 2.75) is 25.6 Å². The van der Waals surface area contributed by atoms with Gasteiger partial charge in [0.05, 0.1) is 25.5 Å². The second-order valence-electron chi connectivity index (χ2n) is 4.03. The summed E-state index contributed by atoms with van der Waals surface area (Å²) in [4.78, 5) is 18.0. The van der Waals surface area contributed by atoms with Gasteiger partial charge >= 0.3 is 0 Å². The van der Waals surface area contributed by atoms with Crippen molar-refractivity contribution >= 4 is 5.91 Å². The van der Waals surface area contributed by atoms with E-state index in [1.54, 1.807) is 18.1 Å². The van der Waals surface area contributed by atoms with Crippen molar-refractivity contribution in [3.05, 3.63) is 18.4 Å². The van der Waals surface area contributed by atoms with E-state index in [1.165, 1.54) is 6.26 Å². The summed E-state index contributed by atoms with van der Waals surface area (Å²) in [5.74, 6) is 0.568. The van der Waals surface area contributed by atoms with Gasteiger partial charge in [0, 0.05) is 6.54 Å². The summed E-state index contributed by atoms with van der Waals surface area (Å²) in [5.41, 5.74) is 0. The van der Waals surface area contributed by atoms with Gasteiger partial charge in [-0.3, -0.25) is 4.79 Å². The lowest BCUT2D eigenvalue weighted by Gasteiger charge is -2.23. The van der Waals surface area contributed by atoms with Crippen molar-refractivity contribution in [2.24, 2.45) is 0 Å². The first-order chi connectivity index (χ1) is 8.22. The van der Waals surface area contributed by atoms with Gasteiger partial charge in [-0.2, -0.15) is 0 Å². The van der Waals surface area contributed by atoms with Crippen LogP contribution in [-0.4, -0.2) is 48.1 Å². The highest BCUT2D eigenvalue weighted by molar-refractivity contribution is 5.82. The van der Waals surface area contributed by atoms with Crippen LogP contribution < -0.4 is 5.32 Å². The largest absolute Gasteiger partial charge is 0.447 e. The molecule has 0 bridgehead atoms. The molecule has 94 valence electrons. The first-order valence-electron chi connectivity index (χ1n) is 5.68. The number of hydrogen-bond donors (Lipinski definition) is 1. The molecule has 2 heterocycles. The van der Waals surface area contributed by atoms with E-state index in [0.717, 1.165) is 0 Å². The number of hydrogen-bond acceptors (Lipinski definition) is 5. The van der Waals surface area contributed by atoms with Crippen molar-refractivity contribution < 1.29 is 13.9 Å². The lowest BCUT2D eigenvalue weighted by atomic mass is 10.1. The number of ether oxygens (including phenoxy) is 1. The first kappa shape index (κ1) is 12.1. The molecule has 6 nitrogen and oxygen atoms in total. The minimum atomic E-state index is -0.313. The standard InChI is InChI=1S/C11H17N3O3/c1-8-10(12-2)11(15)14(4-6-16-8)7-9-13-3-5-17-9/h3,5,8,10,12H,4,6-7H2,1-2H3. The number of nitrogens with zero attached hydrogens (tertiary/aromatic N) is 2. The van der Waals surface area contributed by atoms with Gasteiger partial charge in [0.1, 0.15) is 12.3 Å². The molecular formula is C11H17N3O3. The van der Waals surface area contributed by atoms with E-state index >= 15 is 0 Å². The summed E-state index contributed by atoms with van der Waals surface area (Å²) in [6, 6.07) is -0.313. The smallest absolute Gasteiger partial charge is 0.242 e.